The molecule has 8 heteroatoms. The summed E-state index contributed by atoms with van der Waals surface area (Å²) in [7, 11) is 0. The molecule has 22 heavy (non-hydrogen) atoms. The van der Waals surface area contributed by atoms with Gasteiger partial charge in [-0.25, -0.2) is 4.39 Å². The van der Waals surface area contributed by atoms with E-state index in [9.17, 15) is 27.5 Å². The van der Waals surface area contributed by atoms with Gasteiger partial charge in [0.05, 0.1) is 11.2 Å². The van der Waals surface area contributed by atoms with Crippen LogP contribution in [0.4, 0.5) is 17.6 Å². The van der Waals surface area contributed by atoms with Crippen molar-refractivity contribution in [3.05, 3.63) is 35.1 Å². The van der Waals surface area contributed by atoms with E-state index in [-0.39, 0.29) is 6.54 Å². The Balaban J connectivity index is 2.08. The molecule has 0 bridgehead atoms. The molecule has 0 radical (unpaired) electrons. The smallest absolute Gasteiger partial charge is 0.388 e. The molecule has 1 heterocycles. The van der Waals surface area contributed by atoms with E-state index in [4.69, 9.17) is 0 Å². The van der Waals surface area contributed by atoms with E-state index >= 15 is 0 Å². The molecule has 2 rings (SSSR count). The lowest BCUT2D eigenvalue weighted by Gasteiger charge is -2.31. The van der Waals surface area contributed by atoms with Gasteiger partial charge in [0.25, 0.3) is 5.91 Å². The first-order valence-electron chi connectivity index (χ1n) is 6.66. The minimum Gasteiger partial charge on any atom is -0.388 e. The standard InChI is InChI=1S/C14H15F4NO2S/c15-11-6-9(5-10(7-11)14(16,17)18)12(20)19-8-13(21)1-3-22-4-2-13/h5-7,21H,1-4,8H2,(H,19,20). The number of alkyl halides is 3. The van der Waals surface area contributed by atoms with Crippen molar-refractivity contribution in [1.82, 2.24) is 5.32 Å². The molecule has 0 unspecified atom stereocenters. The molecule has 1 fully saturated rings. The number of carbonyl (C=O) groups is 1. The van der Waals surface area contributed by atoms with Crippen molar-refractivity contribution < 1.29 is 27.5 Å². The number of hydrogen-bond acceptors (Lipinski definition) is 3. The molecule has 0 aromatic heterocycles. The maximum atomic E-state index is 13.3. The molecule has 1 amide bonds. The van der Waals surface area contributed by atoms with Crippen LogP contribution in [0, 0.1) is 5.82 Å². The van der Waals surface area contributed by atoms with E-state index in [0.29, 0.717) is 25.0 Å². The molecular weight excluding hydrogens is 322 g/mol. The molecule has 0 atom stereocenters. The molecule has 0 saturated carbocycles. The van der Waals surface area contributed by atoms with Crippen LogP contribution in [-0.4, -0.2) is 34.7 Å². The molecule has 0 aliphatic carbocycles. The Kier molecular flexibility index (Phi) is 5.01. The fourth-order valence-electron chi connectivity index (χ4n) is 2.16. The lowest BCUT2D eigenvalue weighted by Crippen LogP contribution is -2.45. The molecule has 2 N–H and O–H groups in total. The van der Waals surface area contributed by atoms with Crippen LogP contribution in [0.1, 0.15) is 28.8 Å². The van der Waals surface area contributed by atoms with Crippen molar-refractivity contribution in [2.24, 2.45) is 0 Å². The van der Waals surface area contributed by atoms with Gasteiger partial charge >= 0.3 is 6.18 Å². The highest BCUT2D eigenvalue weighted by Crippen LogP contribution is 2.30. The number of nitrogens with one attached hydrogen (secondary N) is 1. The number of hydrogen-bond donors (Lipinski definition) is 2. The second-order valence-corrected chi connectivity index (χ2v) is 6.47. The Bertz CT molecular complexity index is 556. The van der Waals surface area contributed by atoms with Crippen LogP contribution in [0.15, 0.2) is 18.2 Å². The number of rotatable bonds is 3. The van der Waals surface area contributed by atoms with E-state index in [1.165, 1.54) is 0 Å². The summed E-state index contributed by atoms with van der Waals surface area (Å²) in [4.78, 5) is 11.9. The van der Waals surface area contributed by atoms with Crippen molar-refractivity contribution in [2.45, 2.75) is 24.6 Å². The molecule has 122 valence electrons. The fraction of sp³-hybridized carbons (Fsp3) is 0.500. The number of aliphatic hydroxyl groups is 1. The number of halogens is 4. The van der Waals surface area contributed by atoms with Crippen LogP contribution in [0.2, 0.25) is 0 Å². The SMILES string of the molecule is O=C(NCC1(O)CCSCC1)c1cc(F)cc(C(F)(F)F)c1. The van der Waals surface area contributed by atoms with Gasteiger partial charge in [-0.1, -0.05) is 0 Å². The molecular formula is C14H15F4NO2S. The normalized spacial score (nSPS) is 18.0. The average Bonchev–Trinajstić information content (AvgIpc) is 2.44. The van der Waals surface area contributed by atoms with E-state index in [0.717, 1.165) is 17.6 Å². The minimum atomic E-state index is -4.73. The van der Waals surface area contributed by atoms with Crippen molar-refractivity contribution >= 4 is 17.7 Å². The third-order valence-corrected chi connectivity index (χ3v) is 4.47. The van der Waals surface area contributed by atoms with Crippen molar-refractivity contribution in [1.29, 1.82) is 0 Å². The molecule has 0 spiro atoms. The molecule has 3 nitrogen and oxygen atoms in total. The predicted molar refractivity (Wildman–Crippen MR) is 75.2 cm³/mol. The van der Waals surface area contributed by atoms with Crippen molar-refractivity contribution in [3.63, 3.8) is 0 Å². The zero-order valence-electron chi connectivity index (χ0n) is 11.5. The van der Waals surface area contributed by atoms with Gasteiger partial charge < -0.3 is 10.4 Å². The Hall–Kier alpha value is -1.28. The zero-order valence-corrected chi connectivity index (χ0v) is 12.4. The minimum absolute atomic E-state index is 0.0652. The largest absolute Gasteiger partial charge is 0.416 e. The monoisotopic (exact) mass is 337 g/mol. The Morgan fingerprint density at radius 2 is 1.91 bits per heavy atom. The zero-order chi connectivity index (χ0) is 16.4. The van der Waals surface area contributed by atoms with Gasteiger partial charge in [-0.3, -0.25) is 4.79 Å². The summed E-state index contributed by atoms with van der Waals surface area (Å²) in [6.07, 6.45) is -3.74. The first kappa shape index (κ1) is 17.1. The van der Waals surface area contributed by atoms with Gasteiger partial charge in [-0.2, -0.15) is 24.9 Å². The second-order valence-electron chi connectivity index (χ2n) is 5.25. The van der Waals surface area contributed by atoms with Crippen LogP contribution in [0.3, 0.4) is 0 Å². The first-order valence-corrected chi connectivity index (χ1v) is 7.81. The lowest BCUT2D eigenvalue weighted by atomic mass is 9.96. The third-order valence-electron chi connectivity index (χ3n) is 3.49. The third kappa shape index (κ3) is 4.36. The highest BCUT2D eigenvalue weighted by molar-refractivity contribution is 7.99. The van der Waals surface area contributed by atoms with Crippen LogP contribution in [0.5, 0.6) is 0 Å². The van der Waals surface area contributed by atoms with Gasteiger partial charge in [0, 0.05) is 12.1 Å². The maximum absolute atomic E-state index is 13.3. The van der Waals surface area contributed by atoms with E-state index in [2.05, 4.69) is 5.32 Å². The molecule has 1 aliphatic rings. The number of amides is 1. The Morgan fingerprint density at radius 1 is 1.27 bits per heavy atom. The summed E-state index contributed by atoms with van der Waals surface area (Å²) in [6, 6.07) is 1.67. The molecule has 1 aromatic carbocycles. The quantitative estimate of drug-likeness (QED) is 0.834. The Morgan fingerprint density at radius 3 is 2.50 bits per heavy atom. The van der Waals surface area contributed by atoms with Gasteiger partial charge in [-0.15, -0.1) is 0 Å². The highest BCUT2D eigenvalue weighted by atomic mass is 32.2. The van der Waals surface area contributed by atoms with Gasteiger partial charge in [-0.05, 0) is 42.5 Å². The fourth-order valence-corrected chi connectivity index (χ4v) is 3.41. The van der Waals surface area contributed by atoms with Crippen molar-refractivity contribution in [3.8, 4) is 0 Å². The average molecular weight is 337 g/mol. The first-order chi connectivity index (χ1) is 10.2. The summed E-state index contributed by atoms with van der Waals surface area (Å²) >= 11 is 1.69. The van der Waals surface area contributed by atoms with E-state index in [1.54, 1.807) is 11.8 Å². The van der Waals surface area contributed by atoms with E-state index in [1.807, 2.05) is 0 Å². The molecule has 1 saturated heterocycles. The lowest BCUT2D eigenvalue weighted by molar-refractivity contribution is -0.137. The predicted octanol–water partition coefficient (Wildman–Crippen LogP) is 2.83. The van der Waals surface area contributed by atoms with Crippen LogP contribution in [-0.2, 0) is 6.18 Å². The highest BCUT2D eigenvalue weighted by Gasteiger charge is 2.33. The molecule has 1 aromatic rings. The molecule has 1 aliphatic heterocycles. The van der Waals surface area contributed by atoms with Crippen molar-refractivity contribution in [2.75, 3.05) is 18.1 Å². The van der Waals surface area contributed by atoms with E-state index < -0.39 is 34.6 Å². The summed E-state index contributed by atoms with van der Waals surface area (Å²) in [5.41, 5.74) is -2.69. The summed E-state index contributed by atoms with van der Waals surface area (Å²) in [5, 5.41) is 12.6. The van der Waals surface area contributed by atoms with Crippen LogP contribution >= 0.6 is 11.8 Å². The topological polar surface area (TPSA) is 49.3 Å². The second kappa shape index (κ2) is 6.45. The summed E-state index contributed by atoms with van der Waals surface area (Å²) in [5.74, 6) is -0.459. The Labute approximate surface area is 129 Å². The van der Waals surface area contributed by atoms with Crippen LogP contribution < -0.4 is 5.32 Å². The number of carbonyl (C=O) groups excluding carboxylic acids is 1. The summed E-state index contributed by atoms with van der Waals surface area (Å²) in [6.45, 7) is -0.0652. The maximum Gasteiger partial charge on any atom is 0.416 e. The van der Waals surface area contributed by atoms with Crippen LogP contribution in [0.25, 0.3) is 0 Å². The van der Waals surface area contributed by atoms with Gasteiger partial charge in [0.15, 0.2) is 0 Å². The summed E-state index contributed by atoms with van der Waals surface area (Å²) < 4.78 is 51.1. The van der Waals surface area contributed by atoms with Gasteiger partial charge in [0.2, 0.25) is 0 Å². The number of thioether (sulfide) groups is 1. The number of benzene rings is 1. The van der Waals surface area contributed by atoms with Gasteiger partial charge in [0.1, 0.15) is 5.82 Å².